The normalized spacial score (nSPS) is 11.1. The number of hydrogen-bond donors (Lipinski definition) is 4. The van der Waals surface area contributed by atoms with Crippen LogP contribution in [0, 0.1) is 7.14 Å². The number of nitrogens with two attached hydrogens (primary N) is 3. The third kappa shape index (κ3) is 3.97. The zero-order chi connectivity index (χ0) is 13.9. The number of carboxylic acids is 1. The largest absolute Gasteiger partial charge is 0.478 e. The Morgan fingerprint density at radius 2 is 1.67 bits per heavy atom. The first-order valence-electron chi connectivity index (χ1n) is 4.47. The van der Waals surface area contributed by atoms with Crippen molar-refractivity contribution in [3.05, 3.63) is 24.8 Å². The van der Waals surface area contributed by atoms with Crippen molar-refractivity contribution in [3.63, 3.8) is 0 Å². The lowest BCUT2D eigenvalue weighted by molar-refractivity contribution is 0.0697. The Morgan fingerprint density at radius 1 is 1.17 bits per heavy atom. The van der Waals surface area contributed by atoms with Gasteiger partial charge in [-0.2, -0.15) is 4.99 Å². The first-order valence-corrected chi connectivity index (χ1v) is 6.63. The minimum absolute atomic E-state index is 0.0890. The van der Waals surface area contributed by atoms with E-state index in [1.54, 1.807) is 0 Å². The molecule has 7 nitrogen and oxygen atoms in total. The first kappa shape index (κ1) is 14.9. The average Bonchev–Trinajstić information content (AvgIpc) is 2.21. The maximum atomic E-state index is 10.9. The molecule has 0 aromatic heterocycles. The van der Waals surface area contributed by atoms with Crippen LogP contribution in [0.3, 0.4) is 0 Å². The smallest absolute Gasteiger partial charge is 0.335 e. The molecular weight excluding hydrogens is 464 g/mol. The van der Waals surface area contributed by atoms with Gasteiger partial charge in [0.05, 0.1) is 11.3 Å². The number of rotatable bonds is 2. The number of aliphatic imine (C=N–C) groups is 2. The molecule has 0 aliphatic carbocycles. The van der Waals surface area contributed by atoms with Gasteiger partial charge in [0.2, 0.25) is 5.96 Å². The molecule has 0 spiro atoms. The molecule has 1 rings (SSSR count). The number of guanidine groups is 2. The van der Waals surface area contributed by atoms with Crippen molar-refractivity contribution in [2.75, 3.05) is 0 Å². The second kappa shape index (κ2) is 6.17. The SMILES string of the molecule is NC(N)=NC(N)=Nc1c(I)cc(C(=O)O)cc1I. The van der Waals surface area contributed by atoms with E-state index in [2.05, 4.69) is 9.98 Å². The Labute approximate surface area is 130 Å². The molecule has 0 saturated carbocycles. The van der Waals surface area contributed by atoms with Crippen molar-refractivity contribution >= 4 is 68.8 Å². The summed E-state index contributed by atoms with van der Waals surface area (Å²) in [5.74, 6) is -1.28. The second-order valence-corrected chi connectivity index (χ2v) is 5.42. The molecule has 0 aliphatic rings. The monoisotopic (exact) mass is 473 g/mol. The molecule has 0 fully saturated rings. The molecule has 0 unspecified atom stereocenters. The second-order valence-electron chi connectivity index (χ2n) is 3.10. The number of hydrogen-bond acceptors (Lipinski definition) is 2. The van der Waals surface area contributed by atoms with Gasteiger partial charge < -0.3 is 22.3 Å². The van der Waals surface area contributed by atoms with Gasteiger partial charge in [0.1, 0.15) is 0 Å². The summed E-state index contributed by atoms with van der Waals surface area (Å²) < 4.78 is 1.29. The molecule has 0 heterocycles. The summed E-state index contributed by atoms with van der Waals surface area (Å²) >= 11 is 3.94. The van der Waals surface area contributed by atoms with Crippen LogP contribution < -0.4 is 17.2 Å². The van der Waals surface area contributed by atoms with Crippen molar-refractivity contribution < 1.29 is 9.90 Å². The van der Waals surface area contributed by atoms with Crippen LogP contribution in [-0.2, 0) is 0 Å². The Hall–Kier alpha value is -1.11. The molecule has 0 bridgehead atoms. The molecule has 0 saturated heterocycles. The average molecular weight is 473 g/mol. The van der Waals surface area contributed by atoms with E-state index in [-0.39, 0.29) is 17.5 Å². The van der Waals surface area contributed by atoms with Gasteiger partial charge in [-0.1, -0.05) is 0 Å². The van der Waals surface area contributed by atoms with Crippen LogP contribution in [-0.4, -0.2) is 23.0 Å². The van der Waals surface area contributed by atoms with Crippen molar-refractivity contribution in [1.82, 2.24) is 0 Å². The molecule has 0 aliphatic heterocycles. The van der Waals surface area contributed by atoms with Gasteiger partial charge in [0, 0.05) is 7.14 Å². The zero-order valence-electron chi connectivity index (χ0n) is 8.89. The summed E-state index contributed by atoms with van der Waals surface area (Å²) in [6.07, 6.45) is 0. The first-order chi connectivity index (χ1) is 8.31. The summed E-state index contributed by atoms with van der Waals surface area (Å²) in [5.41, 5.74) is 16.6. The molecule has 0 atom stereocenters. The molecule has 0 radical (unpaired) electrons. The van der Waals surface area contributed by atoms with Crippen molar-refractivity contribution in [2.45, 2.75) is 0 Å². The van der Waals surface area contributed by atoms with Gasteiger partial charge in [-0.15, -0.1) is 0 Å². The van der Waals surface area contributed by atoms with Crippen LogP contribution in [0.4, 0.5) is 5.69 Å². The van der Waals surface area contributed by atoms with E-state index in [0.29, 0.717) is 12.8 Å². The Morgan fingerprint density at radius 3 is 2.06 bits per heavy atom. The predicted molar refractivity (Wildman–Crippen MR) is 85.9 cm³/mol. The fraction of sp³-hybridized carbons (Fsp3) is 0. The minimum atomic E-state index is -1.00. The Bertz CT molecular complexity index is 529. The third-order valence-electron chi connectivity index (χ3n) is 1.73. The minimum Gasteiger partial charge on any atom is -0.478 e. The fourth-order valence-corrected chi connectivity index (χ4v) is 3.08. The summed E-state index contributed by atoms with van der Waals surface area (Å²) in [6.45, 7) is 0. The van der Waals surface area contributed by atoms with Crippen molar-refractivity contribution in [3.8, 4) is 0 Å². The van der Waals surface area contributed by atoms with Crippen LogP contribution in [0.25, 0.3) is 0 Å². The number of halogens is 2. The highest BCUT2D eigenvalue weighted by Gasteiger charge is 2.11. The van der Waals surface area contributed by atoms with Crippen LogP contribution >= 0.6 is 45.2 Å². The molecule has 9 heteroatoms. The van der Waals surface area contributed by atoms with Gasteiger partial charge in [0.25, 0.3) is 0 Å². The van der Waals surface area contributed by atoms with Gasteiger partial charge in [-0.05, 0) is 57.3 Å². The maximum Gasteiger partial charge on any atom is 0.335 e. The number of nitrogens with zero attached hydrogens (tertiary/aromatic N) is 2. The number of aromatic carboxylic acids is 1. The van der Waals surface area contributed by atoms with Crippen LogP contribution in [0.1, 0.15) is 10.4 Å². The molecule has 7 N–H and O–H groups in total. The van der Waals surface area contributed by atoms with E-state index in [0.717, 1.165) is 0 Å². The number of benzene rings is 1. The van der Waals surface area contributed by atoms with Gasteiger partial charge >= 0.3 is 5.97 Å². The molecule has 1 aromatic rings. The standard InChI is InChI=1S/C9H9I2N5O2/c10-4-1-3(7(17)18)2-5(11)6(4)15-9(14)16-8(12)13/h1-2H,(H,17,18)(H6,12,13,14,15,16). The lowest BCUT2D eigenvalue weighted by Crippen LogP contribution is -2.26. The summed E-state index contributed by atoms with van der Waals surface area (Å²) in [4.78, 5) is 18.5. The zero-order valence-corrected chi connectivity index (χ0v) is 13.2. The highest BCUT2D eigenvalue weighted by molar-refractivity contribution is 14.1. The van der Waals surface area contributed by atoms with Crippen LogP contribution in [0.2, 0.25) is 0 Å². The topological polar surface area (TPSA) is 140 Å². The van der Waals surface area contributed by atoms with E-state index in [1.807, 2.05) is 45.2 Å². The maximum absolute atomic E-state index is 10.9. The van der Waals surface area contributed by atoms with Crippen molar-refractivity contribution in [2.24, 2.45) is 27.2 Å². The van der Waals surface area contributed by atoms with Crippen LogP contribution in [0.15, 0.2) is 22.1 Å². The van der Waals surface area contributed by atoms with Gasteiger partial charge in [-0.25, -0.2) is 9.79 Å². The highest BCUT2D eigenvalue weighted by atomic mass is 127. The fourth-order valence-electron chi connectivity index (χ4n) is 1.07. The predicted octanol–water partition coefficient (Wildman–Crippen LogP) is 0.814. The molecular formula is C9H9I2N5O2. The van der Waals surface area contributed by atoms with Crippen molar-refractivity contribution in [1.29, 1.82) is 0 Å². The van der Waals surface area contributed by atoms with Crippen LogP contribution in [0.5, 0.6) is 0 Å². The number of carboxylic acid groups (broad SMARTS) is 1. The van der Waals surface area contributed by atoms with E-state index in [1.165, 1.54) is 12.1 Å². The lowest BCUT2D eigenvalue weighted by Gasteiger charge is -2.04. The molecule has 96 valence electrons. The van der Waals surface area contributed by atoms with E-state index < -0.39 is 5.97 Å². The quantitative estimate of drug-likeness (QED) is 0.286. The van der Waals surface area contributed by atoms with E-state index >= 15 is 0 Å². The van der Waals surface area contributed by atoms with E-state index in [9.17, 15) is 4.79 Å². The summed E-state index contributed by atoms with van der Waals surface area (Å²) in [5, 5.41) is 8.90. The number of carbonyl (C=O) groups is 1. The highest BCUT2D eigenvalue weighted by Crippen LogP contribution is 2.29. The van der Waals surface area contributed by atoms with E-state index in [4.69, 9.17) is 22.3 Å². The Kier molecular flexibility index (Phi) is 5.13. The molecule has 1 aromatic carbocycles. The Balaban J connectivity index is 3.27. The lowest BCUT2D eigenvalue weighted by atomic mass is 10.2. The van der Waals surface area contributed by atoms with Gasteiger partial charge in [-0.3, -0.25) is 0 Å². The van der Waals surface area contributed by atoms with Gasteiger partial charge in [0.15, 0.2) is 5.96 Å². The molecule has 18 heavy (non-hydrogen) atoms. The summed E-state index contributed by atoms with van der Waals surface area (Å²) in [6, 6.07) is 2.99. The third-order valence-corrected chi connectivity index (χ3v) is 3.38. The summed E-state index contributed by atoms with van der Waals surface area (Å²) in [7, 11) is 0. The molecule has 0 amide bonds.